The van der Waals surface area contributed by atoms with E-state index < -0.39 is 25.4 Å². The number of hydrogen-bond donors (Lipinski definition) is 0. The number of carbonyl (C=O) groups is 1. The number of nitrogens with zero attached hydrogens (tertiary/aromatic N) is 1. The minimum atomic E-state index is -3.72. The maximum Gasteiger partial charge on any atom is 0.276 e. The van der Waals surface area contributed by atoms with Gasteiger partial charge in [-0.2, -0.15) is 0 Å². The molecule has 96 valence electrons. The fraction of sp³-hybridized carbons (Fsp3) is 0.182. The highest BCUT2D eigenvalue weighted by Gasteiger charge is 2.19. The third-order valence-corrected chi connectivity index (χ3v) is 3.37. The number of rotatable bonds is 4. The van der Waals surface area contributed by atoms with Crippen molar-refractivity contribution in [3.8, 4) is 0 Å². The van der Waals surface area contributed by atoms with Crippen molar-refractivity contribution in [2.24, 2.45) is 0 Å². The van der Waals surface area contributed by atoms with Crippen LogP contribution in [-0.4, -0.2) is 25.4 Å². The molecule has 0 saturated carbocycles. The molecule has 0 atom stereocenters. The van der Waals surface area contributed by atoms with Crippen LogP contribution in [0.5, 0.6) is 0 Å². The summed E-state index contributed by atoms with van der Waals surface area (Å²) in [6, 6.07) is 5.61. The third-order valence-electron chi connectivity index (χ3n) is 2.17. The van der Waals surface area contributed by atoms with Gasteiger partial charge in [0, 0.05) is 12.3 Å². The molecule has 18 heavy (non-hydrogen) atoms. The second-order valence-corrected chi connectivity index (χ2v) is 5.64. The first kappa shape index (κ1) is 14.0. The summed E-state index contributed by atoms with van der Waals surface area (Å²) in [5, 5.41) is 10.8. The van der Waals surface area contributed by atoms with Crippen molar-refractivity contribution in [2.75, 3.05) is 6.26 Å². The van der Waals surface area contributed by atoms with E-state index in [4.69, 9.17) is 0 Å². The third kappa shape index (κ3) is 3.24. The maximum atomic E-state index is 11.4. The molecule has 0 unspecified atom stereocenters. The molecule has 1 aromatic carbocycles. The number of ketones is 1. The van der Waals surface area contributed by atoms with Crippen LogP contribution in [0, 0.1) is 10.1 Å². The van der Waals surface area contributed by atoms with Gasteiger partial charge < -0.3 is 0 Å². The standard InChI is InChI=1S/C11H11NO5S/c1-8(13)11(18(2,16)17)7-9-5-3-4-6-10(9)12(14)15/h3-7H,1-2H3. The first-order valence-electron chi connectivity index (χ1n) is 4.89. The molecule has 1 rings (SSSR count). The van der Waals surface area contributed by atoms with Gasteiger partial charge in [-0.1, -0.05) is 12.1 Å². The highest BCUT2D eigenvalue weighted by atomic mass is 32.2. The van der Waals surface area contributed by atoms with Crippen LogP contribution in [0.1, 0.15) is 12.5 Å². The van der Waals surface area contributed by atoms with E-state index in [1.165, 1.54) is 24.3 Å². The number of carbonyl (C=O) groups excluding carboxylic acids is 1. The summed E-state index contributed by atoms with van der Waals surface area (Å²) in [6.45, 7) is 1.10. The molecule has 0 fully saturated rings. The van der Waals surface area contributed by atoms with Crippen LogP contribution in [0.25, 0.3) is 6.08 Å². The van der Waals surface area contributed by atoms with Crippen LogP contribution in [0.4, 0.5) is 5.69 Å². The van der Waals surface area contributed by atoms with Crippen molar-refractivity contribution in [3.05, 3.63) is 44.8 Å². The lowest BCUT2D eigenvalue weighted by atomic mass is 10.1. The lowest BCUT2D eigenvalue weighted by Crippen LogP contribution is -2.09. The molecule has 0 N–H and O–H groups in total. The summed E-state index contributed by atoms with van der Waals surface area (Å²) in [5.41, 5.74) is -0.168. The van der Waals surface area contributed by atoms with Gasteiger partial charge in [0.05, 0.1) is 10.5 Å². The molecule has 0 aromatic heterocycles. The molecule has 0 aliphatic rings. The summed E-state index contributed by atoms with van der Waals surface area (Å²) in [6.07, 6.45) is 1.91. The molecule has 0 heterocycles. The van der Waals surface area contributed by atoms with Gasteiger partial charge >= 0.3 is 0 Å². The number of para-hydroxylation sites is 1. The number of Topliss-reactive ketones (excluding diaryl/α,β-unsaturated/α-hetero) is 1. The van der Waals surface area contributed by atoms with Crippen LogP contribution < -0.4 is 0 Å². The van der Waals surface area contributed by atoms with Crippen LogP contribution in [0.15, 0.2) is 29.2 Å². The largest absolute Gasteiger partial charge is 0.294 e. The summed E-state index contributed by atoms with van der Waals surface area (Å²) < 4.78 is 22.8. The van der Waals surface area contributed by atoms with Gasteiger partial charge in [0.25, 0.3) is 5.69 Å². The first-order chi connectivity index (χ1) is 8.23. The second kappa shape index (κ2) is 5.09. The van der Waals surface area contributed by atoms with Crippen molar-refractivity contribution in [1.29, 1.82) is 0 Å². The topological polar surface area (TPSA) is 94.3 Å². The van der Waals surface area contributed by atoms with E-state index in [-0.39, 0.29) is 11.3 Å². The Morgan fingerprint density at radius 3 is 2.33 bits per heavy atom. The summed E-state index contributed by atoms with van der Waals surface area (Å²) in [7, 11) is -3.72. The molecular formula is C11H11NO5S. The molecule has 0 aliphatic heterocycles. The average Bonchev–Trinajstić information content (AvgIpc) is 2.24. The van der Waals surface area contributed by atoms with Crippen molar-refractivity contribution in [3.63, 3.8) is 0 Å². The van der Waals surface area contributed by atoms with Crippen LogP contribution in [-0.2, 0) is 14.6 Å². The van der Waals surface area contributed by atoms with E-state index in [1.807, 2.05) is 0 Å². The smallest absolute Gasteiger partial charge is 0.276 e. The highest BCUT2D eigenvalue weighted by molar-refractivity contribution is 7.95. The quantitative estimate of drug-likeness (QED) is 0.469. The zero-order chi connectivity index (χ0) is 13.9. The maximum absolute atomic E-state index is 11.4. The van der Waals surface area contributed by atoms with Gasteiger partial charge in [-0.3, -0.25) is 14.9 Å². The number of nitro benzene ring substituents is 1. The monoisotopic (exact) mass is 269 g/mol. The molecule has 0 spiro atoms. The van der Waals surface area contributed by atoms with E-state index in [2.05, 4.69) is 0 Å². The van der Waals surface area contributed by atoms with E-state index in [0.29, 0.717) is 0 Å². The van der Waals surface area contributed by atoms with Crippen molar-refractivity contribution >= 4 is 27.4 Å². The van der Waals surface area contributed by atoms with Gasteiger partial charge in [-0.05, 0) is 19.1 Å². The number of allylic oxidation sites excluding steroid dienone is 1. The molecule has 0 radical (unpaired) electrons. The predicted octanol–water partition coefficient (Wildman–Crippen LogP) is 1.57. The van der Waals surface area contributed by atoms with E-state index in [1.54, 1.807) is 0 Å². The zero-order valence-corrected chi connectivity index (χ0v) is 10.6. The van der Waals surface area contributed by atoms with E-state index in [9.17, 15) is 23.3 Å². The Morgan fingerprint density at radius 2 is 1.89 bits per heavy atom. The molecule has 7 heteroatoms. The number of benzene rings is 1. The fourth-order valence-electron chi connectivity index (χ4n) is 1.39. The average molecular weight is 269 g/mol. The first-order valence-corrected chi connectivity index (χ1v) is 6.78. The molecule has 0 bridgehead atoms. The van der Waals surface area contributed by atoms with E-state index in [0.717, 1.165) is 19.3 Å². The van der Waals surface area contributed by atoms with Gasteiger partial charge in [-0.25, -0.2) is 8.42 Å². The van der Waals surface area contributed by atoms with Gasteiger partial charge in [0.1, 0.15) is 4.91 Å². The van der Waals surface area contributed by atoms with Gasteiger partial charge in [0.15, 0.2) is 15.6 Å². The lowest BCUT2D eigenvalue weighted by molar-refractivity contribution is -0.385. The zero-order valence-electron chi connectivity index (χ0n) is 9.78. The Balaban J connectivity index is 3.48. The van der Waals surface area contributed by atoms with Crippen molar-refractivity contribution in [2.45, 2.75) is 6.92 Å². The normalized spacial score (nSPS) is 12.2. The molecule has 0 saturated heterocycles. The number of nitro groups is 1. The Hall–Kier alpha value is -2.02. The van der Waals surface area contributed by atoms with E-state index >= 15 is 0 Å². The SMILES string of the molecule is CC(=O)C(=Cc1ccccc1[N+](=O)[O-])S(C)(=O)=O. The molecule has 0 aliphatic carbocycles. The Bertz CT molecular complexity index is 631. The minimum absolute atomic E-state index is 0.0816. The van der Waals surface area contributed by atoms with Crippen molar-refractivity contribution in [1.82, 2.24) is 0 Å². The molecule has 0 amide bonds. The fourth-order valence-corrected chi connectivity index (χ4v) is 2.25. The van der Waals surface area contributed by atoms with Gasteiger partial charge in [0.2, 0.25) is 0 Å². The van der Waals surface area contributed by atoms with Crippen LogP contribution >= 0.6 is 0 Å². The summed E-state index contributed by atoms with van der Waals surface area (Å²) in [4.78, 5) is 20.9. The molecule has 1 aromatic rings. The molecule has 6 nitrogen and oxygen atoms in total. The summed E-state index contributed by atoms with van der Waals surface area (Å²) >= 11 is 0. The summed E-state index contributed by atoms with van der Waals surface area (Å²) in [5.74, 6) is -0.657. The van der Waals surface area contributed by atoms with Crippen LogP contribution in [0.2, 0.25) is 0 Å². The number of hydrogen-bond acceptors (Lipinski definition) is 5. The molecular weight excluding hydrogens is 258 g/mol. The van der Waals surface area contributed by atoms with Crippen LogP contribution in [0.3, 0.4) is 0 Å². The highest BCUT2D eigenvalue weighted by Crippen LogP contribution is 2.22. The number of sulfone groups is 1. The Labute approximate surface area is 104 Å². The predicted molar refractivity (Wildman–Crippen MR) is 66.6 cm³/mol. The lowest BCUT2D eigenvalue weighted by Gasteiger charge is -2.01. The Morgan fingerprint density at radius 1 is 1.33 bits per heavy atom. The minimum Gasteiger partial charge on any atom is -0.294 e. The van der Waals surface area contributed by atoms with Gasteiger partial charge in [-0.15, -0.1) is 0 Å². The second-order valence-electron chi connectivity index (χ2n) is 3.65. The van der Waals surface area contributed by atoms with Crippen molar-refractivity contribution < 1.29 is 18.1 Å². The Kier molecular flexibility index (Phi) is 3.97.